The average molecular weight is 597 g/mol. The smallest absolute Gasteiger partial charge is 0.239 e. The first-order valence-electron chi connectivity index (χ1n) is 13.2. The number of hydrogen-bond donors (Lipinski definition) is 1. The van der Waals surface area contributed by atoms with Crippen molar-refractivity contribution >= 4 is 45.0 Å². The quantitative estimate of drug-likeness (QED) is 0.412. The monoisotopic (exact) mass is 596 g/mol. The number of carbonyl (C=O) groups is 3. The van der Waals surface area contributed by atoms with E-state index in [2.05, 4.69) is 0 Å². The summed E-state index contributed by atoms with van der Waals surface area (Å²) in [6.07, 6.45) is 2.81. The first-order valence-corrected chi connectivity index (χ1v) is 15.2. The topological polar surface area (TPSA) is 117 Å². The van der Waals surface area contributed by atoms with Gasteiger partial charge in [-0.1, -0.05) is 24.6 Å². The number of Topliss-reactive ketones (excluding diaryl/α,β-unsaturated/α-hetero) is 1. The Hall–Kier alpha value is -3.12. The molecule has 2 aliphatic rings. The van der Waals surface area contributed by atoms with Crippen molar-refractivity contribution in [1.82, 2.24) is 14.6 Å². The van der Waals surface area contributed by atoms with Gasteiger partial charge in [0.05, 0.1) is 23.0 Å². The van der Waals surface area contributed by atoms with Gasteiger partial charge >= 0.3 is 0 Å². The van der Waals surface area contributed by atoms with E-state index in [9.17, 15) is 31.6 Å². The maximum Gasteiger partial charge on any atom is 0.239 e. The van der Waals surface area contributed by atoms with E-state index in [4.69, 9.17) is 16.6 Å². The molecule has 40 heavy (non-hydrogen) atoms. The lowest BCUT2D eigenvalue weighted by molar-refractivity contribution is -0.128. The lowest BCUT2D eigenvalue weighted by Gasteiger charge is -2.33. The summed E-state index contributed by atoms with van der Waals surface area (Å²) in [5.74, 6) is -3.60. The largest absolute Gasteiger partial charge is 0.355 e. The summed E-state index contributed by atoms with van der Waals surface area (Å²) >= 11 is 6.56. The van der Waals surface area contributed by atoms with Crippen LogP contribution in [0.2, 0.25) is 5.02 Å². The molecule has 0 bridgehead atoms. The molecule has 0 radical (unpaired) electrons. The molecule has 2 fully saturated rings. The number of rotatable bonds is 10. The summed E-state index contributed by atoms with van der Waals surface area (Å²) < 4.78 is 54.0. The Morgan fingerprint density at radius 2 is 1.88 bits per heavy atom. The fourth-order valence-electron chi connectivity index (χ4n) is 4.98. The molecule has 3 heterocycles. The zero-order valence-electron chi connectivity index (χ0n) is 22.1. The molecule has 0 atom stereocenters. The highest BCUT2D eigenvalue weighted by molar-refractivity contribution is 7.89. The number of hydrogen-bond acceptors (Lipinski definition) is 7. The number of aromatic nitrogens is 1. The lowest BCUT2D eigenvalue weighted by Crippen LogP contribution is -2.43. The molecule has 0 saturated carbocycles. The predicted octanol–water partition coefficient (Wildman–Crippen LogP) is 3.98. The zero-order chi connectivity index (χ0) is 29.0. The van der Waals surface area contributed by atoms with Gasteiger partial charge in [-0.05, 0) is 37.8 Å². The Morgan fingerprint density at radius 3 is 2.50 bits per heavy atom. The molecule has 0 unspecified atom stereocenters. The minimum absolute atomic E-state index is 0.0103. The van der Waals surface area contributed by atoms with Crippen molar-refractivity contribution in [2.45, 2.75) is 57.7 Å². The number of amides is 2. The molecule has 2 amide bonds. The van der Waals surface area contributed by atoms with Crippen LogP contribution in [0.1, 0.15) is 67.1 Å². The summed E-state index contributed by atoms with van der Waals surface area (Å²) in [4.78, 5) is 46.0. The molecule has 2 aromatic rings. The number of likely N-dealkylation sites (tertiary alicyclic amines) is 1. The van der Waals surface area contributed by atoms with Gasteiger partial charge in [0.1, 0.15) is 17.5 Å². The minimum Gasteiger partial charge on any atom is -0.355 e. The van der Waals surface area contributed by atoms with Gasteiger partial charge in [-0.3, -0.25) is 19.1 Å². The van der Waals surface area contributed by atoms with E-state index in [1.807, 2.05) is 16.5 Å². The van der Waals surface area contributed by atoms with Gasteiger partial charge in [0.15, 0.2) is 5.78 Å². The maximum absolute atomic E-state index is 13.9. The molecule has 1 N–H and O–H groups in total. The molecular formula is C27H31ClF2N4O5S. The Bertz CT molecular complexity index is 1410. The van der Waals surface area contributed by atoms with Crippen LogP contribution >= 0.6 is 11.6 Å². The van der Waals surface area contributed by atoms with Gasteiger partial charge in [-0.15, -0.1) is 0 Å². The number of benzene rings is 1. The van der Waals surface area contributed by atoms with E-state index in [0.29, 0.717) is 74.9 Å². The Balaban J connectivity index is 1.44. The number of carbonyl (C=O) groups excluding carboxylic acids is 3. The van der Waals surface area contributed by atoms with Gasteiger partial charge in [0.25, 0.3) is 0 Å². The van der Waals surface area contributed by atoms with E-state index in [0.717, 1.165) is 18.6 Å². The molecule has 0 aliphatic carbocycles. The standard InChI is InChI=1S/C27H31ClF2N4O5S/c1-2-4-24(35)20-14-21(28)26(31-23(20)15-34-10-3-5-25(34)36)33-11-8-17(9-12-33)27(37)32-40(38,39)16-18-6-7-19(29)13-22(18)30/h6-7,13-14,17H,2-5,8-12,15-16H2,1H3,(H,32,37). The first kappa shape index (κ1) is 29.9. The third-order valence-corrected chi connectivity index (χ3v) is 8.59. The first-order chi connectivity index (χ1) is 19.0. The van der Waals surface area contributed by atoms with Crippen molar-refractivity contribution in [3.63, 3.8) is 0 Å². The van der Waals surface area contributed by atoms with Crippen molar-refractivity contribution < 1.29 is 31.6 Å². The summed E-state index contributed by atoms with van der Waals surface area (Å²) in [6.45, 7) is 3.40. The normalized spacial score (nSPS) is 16.4. The highest BCUT2D eigenvalue weighted by Crippen LogP contribution is 2.31. The second-order valence-electron chi connectivity index (χ2n) is 10.1. The van der Waals surface area contributed by atoms with Crippen LogP contribution in [0.4, 0.5) is 14.6 Å². The third kappa shape index (κ3) is 7.14. The Labute approximate surface area is 236 Å². The van der Waals surface area contributed by atoms with Crippen LogP contribution in [0.3, 0.4) is 0 Å². The van der Waals surface area contributed by atoms with Crippen molar-refractivity contribution in [3.8, 4) is 0 Å². The summed E-state index contributed by atoms with van der Waals surface area (Å²) in [5, 5.41) is 0.280. The van der Waals surface area contributed by atoms with Crippen LogP contribution < -0.4 is 9.62 Å². The lowest BCUT2D eigenvalue weighted by atomic mass is 9.96. The highest BCUT2D eigenvalue weighted by Gasteiger charge is 2.31. The minimum atomic E-state index is -4.20. The number of nitrogens with zero attached hydrogens (tertiary/aromatic N) is 3. The van der Waals surface area contributed by atoms with E-state index >= 15 is 0 Å². The van der Waals surface area contributed by atoms with Crippen molar-refractivity contribution in [2.75, 3.05) is 24.5 Å². The molecule has 13 heteroatoms. The van der Waals surface area contributed by atoms with Crippen molar-refractivity contribution in [1.29, 1.82) is 0 Å². The van der Waals surface area contributed by atoms with E-state index in [1.165, 1.54) is 0 Å². The second kappa shape index (κ2) is 12.6. The summed E-state index contributed by atoms with van der Waals surface area (Å²) in [6, 6.07) is 4.16. The van der Waals surface area contributed by atoms with Crippen LogP contribution in [0.15, 0.2) is 24.3 Å². The molecule has 1 aromatic heterocycles. The van der Waals surface area contributed by atoms with Gasteiger partial charge in [0, 0.05) is 55.6 Å². The van der Waals surface area contributed by atoms with Gasteiger partial charge in [-0.2, -0.15) is 0 Å². The number of pyridine rings is 1. The van der Waals surface area contributed by atoms with Crippen LogP contribution in [-0.2, 0) is 31.9 Å². The highest BCUT2D eigenvalue weighted by atomic mass is 35.5. The Kier molecular flexibility index (Phi) is 9.40. The van der Waals surface area contributed by atoms with Gasteiger partial charge < -0.3 is 9.80 Å². The molecule has 216 valence electrons. The van der Waals surface area contributed by atoms with Crippen LogP contribution in [-0.4, -0.2) is 55.5 Å². The van der Waals surface area contributed by atoms with E-state index in [1.54, 1.807) is 11.0 Å². The third-order valence-electron chi connectivity index (χ3n) is 7.11. The number of ketones is 1. The Morgan fingerprint density at radius 1 is 1.15 bits per heavy atom. The van der Waals surface area contributed by atoms with Crippen LogP contribution in [0.5, 0.6) is 0 Å². The van der Waals surface area contributed by atoms with E-state index < -0.39 is 39.2 Å². The molecule has 2 aliphatic heterocycles. The zero-order valence-corrected chi connectivity index (χ0v) is 23.7. The van der Waals surface area contributed by atoms with Gasteiger partial charge in [0.2, 0.25) is 21.8 Å². The number of sulfonamides is 1. The average Bonchev–Trinajstić information content (AvgIpc) is 3.30. The SMILES string of the molecule is CCCC(=O)c1cc(Cl)c(N2CCC(C(=O)NS(=O)(=O)Cc3ccc(F)cc3F)CC2)nc1CN1CCCC1=O. The molecular weight excluding hydrogens is 566 g/mol. The molecule has 1 aromatic carbocycles. The molecule has 0 spiro atoms. The number of piperidine rings is 1. The number of halogens is 3. The summed E-state index contributed by atoms with van der Waals surface area (Å²) in [7, 11) is -4.20. The fourth-order valence-corrected chi connectivity index (χ4v) is 6.44. The number of anilines is 1. The number of nitrogens with one attached hydrogen (secondary N) is 1. The van der Waals surface area contributed by atoms with Gasteiger partial charge in [-0.25, -0.2) is 22.2 Å². The predicted molar refractivity (Wildman–Crippen MR) is 145 cm³/mol. The fraction of sp³-hybridized carbons (Fsp3) is 0.481. The van der Waals surface area contributed by atoms with Crippen molar-refractivity contribution in [2.24, 2.45) is 5.92 Å². The second-order valence-corrected chi connectivity index (χ2v) is 12.2. The molecule has 9 nitrogen and oxygen atoms in total. The molecule has 4 rings (SSSR count). The van der Waals surface area contributed by atoms with E-state index in [-0.39, 0.29) is 28.8 Å². The van der Waals surface area contributed by atoms with Crippen molar-refractivity contribution in [3.05, 3.63) is 57.7 Å². The maximum atomic E-state index is 13.9. The van der Waals surface area contributed by atoms with Crippen LogP contribution in [0.25, 0.3) is 0 Å². The van der Waals surface area contributed by atoms with Crippen LogP contribution in [0, 0.1) is 17.6 Å². The summed E-state index contributed by atoms with van der Waals surface area (Å²) in [5.41, 5.74) is 0.629. The molecule has 2 saturated heterocycles.